The lowest BCUT2D eigenvalue weighted by Crippen LogP contribution is -2.47. The number of nitrogens with one attached hydrogen (secondary N) is 1. The number of carbonyl (C=O) groups is 1. The Kier molecular flexibility index (Phi) is 2.62. The quantitative estimate of drug-likeness (QED) is 0.732. The average molecular weight is 239 g/mol. The fraction of sp³-hybridized carbons (Fsp3) is 0.900. The molecular formula is C10H13F4NO. The van der Waals surface area contributed by atoms with Crippen LogP contribution in [0.3, 0.4) is 0 Å². The smallest absolute Gasteiger partial charge is 0.350 e. The molecule has 0 aromatic heterocycles. The van der Waals surface area contributed by atoms with Gasteiger partial charge in [-0.05, 0) is 37.0 Å². The van der Waals surface area contributed by atoms with Crippen molar-refractivity contribution >= 4 is 5.91 Å². The van der Waals surface area contributed by atoms with E-state index in [0.717, 1.165) is 25.7 Å². The first-order valence-corrected chi connectivity index (χ1v) is 5.33. The molecule has 2 aliphatic rings. The summed E-state index contributed by atoms with van der Waals surface area (Å²) in [4.78, 5) is 10.9. The van der Waals surface area contributed by atoms with Crippen molar-refractivity contribution in [3.63, 3.8) is 0 Å². The Hall–Kier alpha value is -0.810. The van der Waals surface area contributed by atoms with E-state index in [1.165, 1.54) is 0 Å². The Morgan fingerprint density at radius 1 is 1.38 bits per heavy atom. The van der Waals surface area contributed by atoms with Gasteiger partial charge in [0.05, 0.1) is 0 Å². The van der Waals surface area contributed by atoms with E-state index in [0.29, 0.717) is 5.92 Å². The molecule has 16 heavy (non-hydrogen) atoms. The number of carbonyl (C=O) groups excluding carboxylic acids is 1. The molecule has 0 aliphatic heterocycles. The molecular weight excluding hydrogens is 226 g/mol. The highest BCUT2D eigenvalue weighted by Gasteiger charge is 2.55. The Morgan fingerprint density at radius 3 is 2.31 bits per heavy atom. The van der Waals surface area contributed by atoms with Crippen molar-refractivity contribution in [1.82, 2.24) is 5.32 Å². The van der Waals surface area contributed by atoms with Gasteiger partial charge in [-0.25, -0.2) is 8.78 Å². The van der Waals surface area contributed by atoms with Gasteiger partial charge in [-0.2, -0.15) is 8.78 Å². The molecule has 0 atom stereocenters. The fourth-order valence-corrected chi connectivity index (χ4v) is 2.06. The number of rotatable bonds is 5. The zero-order valence-electron chi connectivity index (χ0n) is 8.61. The molecule has 2 saturated carbocycles. The highest BCUT2D eigenvalue weighted by Crippen LogP contribution is 2.60. The number of hydrogen-bond donors (Lipinski definition) is 1. The van der Waals surface area contributed by atoms with E-state index < -0.39 is 18.3 Å². The molecule has 0 aromatic rings. The summed E-state index contributed by atoms with van der Waals surface area (Å²) in [6, 6.07) is 0. The Bertz CT molecular complexity index is 297. The largest absolute Gasteiger partial charge is 0.383 e. The van der Waals surface area contributed by atoms with Crippen molar-refractivity contribution in [1.29, 1.82) is 0 Å². The zero-order chi connectivity index (χ0) is 12.0. The van der Waals surface area contributed by atoms with Gasteiger partial charge in [-0.1, -0.05) is 0 Å². The third kappa shape index (κ3) is 2.01. The van der Waals surface area contributed by atoms with Crippen LogP contribution in [0.15, 0.2) is 0 Å². The van der Waals surface area contributed by atoms with E-state index in [1.54, 1.807) is 0 Å². The van der Waals surface area contributed by atoms with Crippen LogP contribution < -0.4 is 5.32 Å². The molecule has 1 amide bonds. The maximum Gasteiger partial charge on any atom is 0.383 e. The van der Waals surface area contributed by atoms with Crippen molar-refractivity contribution in [2.75, 3.05) is 6.54 Å². The first-order valence-electron chi connectivity index (χ1n) is 5.33. The lowest BCUT2D eigenvalue weighted by molar-refractivity contribution is -0.169. The van der Waals surface area contributed by atoms with Crippen molar-refractivity contribution in [3.8, 4) is 0 Å². The molecule has 2 nitrogen and oxygen atoms in total. The second kappa shape index (κ2) is 3.60. The predicted octanol–water partition coefficient (Wildman–Crippen LogP) is 2.19. The summed E-state index contributed by atoms with van der Waals surface area (Å²) in [5.74, 6) is -5.93. The van der Waals surface area contributed by atoms with Gasteiger partial charge in [0, 0.05) is 6.54 Å². The van der Waals surface area contributed by atoms with E-state index in [4.69, 9.17) is 0 Å². The molecule has 0 spiro atoms. The van der Waals surface area contributed by atoms with Crippen molar-refractivity contribution in [3.05, 3.63) is 0 Å². The molecule has 2 fully saturated rings. The van der Waals surface area contributed by atoms with E-state index >= 15 is 0 Å². The third-order valence-corrected chi connectivity index (χ3v) is 3.51. The molecule has 1 N–H and O–H groups in total. The summed E-state index contributed by atoms with van der Waals surface area (Å²) in [6.45, 7) is 0.110. The van der Waals surface area contributed by atoms with E-state index in [1.807, 2.05) is 5.32 Å². The van der Waals surface area contributed by atoms with Gasteiger partial charge in [-0.3, -0.25) is 4.79 Å². The van der Waals surface area contributed by atoms with Gasteiger partial charge in [0.2, 0.25) is 0 Å². The highest BCUT2D eigenvalue weighted by atomic mass is 19.3. The monoisotopic (exact) mass is 239 g/mol. The number of hydrogen-bond acceptors (Lipinski definition) is 1. The summed E-state index contributed by atoms with van der Waals surface area (Å²) in [6.07, 6.45) is -0.0258. The van der Waals surface area contributed by atoms with Crippen molar-refractivity contribution in [2.45, 2.75) is 38.0 Å². The van der Waals surface area contributed by atoms with Gasteiger partial charge >= 0.3 is 12.3 Å². The van der Waals surface area contributed by atoms with Crippen LogP contribution in [0, 0.1) is 11.3 Å². The summed E-state index contributed by atoms with van der Waals surface area (Å²) in [5, 5.41) is 1.96. The van der Waals surface area contributed by atoms with Crippen LogP contribution in [0.25, 0.3) is 0 Å². The first-order chi connectivity index (χ1) is 7.38. The molecule has 92 valence electrons. The second-order valence-electron chi connectivity index (χ2n) is 4.74. The molecule has 0 aromatic carbocycles. The van der Waals surface area contributed by atoms with Crippen molar-refractivity contribution < 1.29 is 22.4 Å². The standard InChI is InChI=1S/C10H13F4NO/c11-7(12)10(13,14)8(16)15-5-9(3-4-9)6-1-2-6/h6-7H,1-5H2,(H,15,16). The fourth-order valence-electron chi connectivity index (χ4n) is 2.06. The van der Waals surface area contributed by atoms with Crippen LogP contribution in [0.2, 0.25) is 0 Å². The Labute approximate surface area is 90.4 Å². The van der Waals surface area contributed by atoms with Crippen LogP contribution in [0.1, 0.15) is 25.7 Å². The zero-order valence-corrected chi connectivity index (χ0v) is 8.61. The second-order valence-corrected chi connectivity index (χ2v) is 4.74. The molecule has 2 rings (SSSR count). The van der Waals surface area contributed by atoms with Crippen LogP contribution in [-0.2, 0) is 4.79 Å². The Morgan fingerprint density at radius 2 is 1.94 bits per heavy atom. The minimum atomic E-state index is -4.57. The summed E-state index contributed by atoms with van der Waals surface area (Å²) in [5.41, 5.74) is -0.0616. The van der Waals surface area contributed by atoms with Crippen LogP contribution in [0.5, 0.6) is 0 Å². The van der Waals surface area contributed by atoms with Crippen LogP contribution >= 0.6 is 0 Å². The Balaban J connectivity index is 1.84. The minimum Gasteiger partial charge on any atom is -0.350 e. The lowest BCUT2D eigenvalue weighted by Gasteiger charge is -2.19. The average Bonchev–Trinajstić information content (AvgIpc) is 3.03. The lowest BCUT2D eigenvalue weighted by atomic mass is 10.0. The number of halogens is 4. The number of amides is 1. The van der Waals surface area contributed by atoms with E-state index in [9.17, 15) is 22.4 Å². The summed E-state index contributed by atoms with van der Waals surface area (Å²) < 4.78 is 48.9. The highest BCUT2D eigenvalue weighted by molar-refractivity contribution is 5.83. The normalized spacial score (nSPS) is 23.3. The molecule has 0 radical (unpaired) electrons. The van der Waals surface area contributed by atoms with Gasteiger partial charge in [-0.15, -0.1) is 0 Å². The topological polar surface area (TPSA) is 29.1 Å². The van der Waals surface area contributed by atoms with E-state index in [2.05, 4.69) is 0 Å². The molecule has 0 heterocycles. The van der Waals surface area contributed by atoms with Gasteiger partial charge in [0.1, 0.15) is 0 Å². The van der Waals surface area contributed by atoms with Gasteiger partial charge in [0.15, 0.2) is 0 Å². The molecule has 0 saturated heterocycles. The van der Waals surface area contributed by atoms with E-state index in [-0.39, 0.29) is 12.0 Å². The SMILES string of the molecule is O=C(NCC1(C2CC2)CC1)C(F)(F)C(F)F. The number of alkyl halides is 4. The first kappa shape index (κ1) is 11.7. The van der Waals surface area contributed by atoms with Gasteiger partial charge in [0.25, 0.3) is 5.91 Å². The molecule has 0 unspecified atom stereocenters. The molecule has 2 aliphatic carbocycles. The summed E-state index contributed by atoms with van der Waals surface area (Å²) in [7, 11) is 0. The summed E-state index contributed by atoms with van der Waals surface area (Å²) >= 11 is 0. The van der Waals surface area contributed by atoms with Gasteiger partial charge < -0.3 is 5.32 Å². The predicted molar refractivity (Wildman–Crippen MR) is 48.4 cm³/mol. The third-order valence-electron chi connectivity index (χ3n) is 3.51. The maximum atomic E-state index is 12.6. The van der Waals surface area contributed by atoms with Crippen LogP contribution in [0.4, 0.5) is 17.6 Å². The van der Waals surface area contributed by atoms with Crippen molar-refractivity contribution in [2.24, 2.45) is 11.3 Å². The van der Waals surface area contributed by atoms with Crippen LogP contribution in [-0.4, -0.2) is 24.8 Å². The molecule has 6 heteroatoms. The molecule has 0 bridgehead atoms. The maximum absolute atomic E-state index is 12.6. The minimum absolute atomic E-state index is 0.0616.